The first-order valence-electron chi connectivity index (χ1n) is 8.41. The van der Waals surface area contributed by atoms with E-state index in [0.29, 0.717) is 18.2 Å². The van der Waals surface area contributed by atoms with Gasteiger partial charge < -0.3 is 4.74 Å². The Hall–Kier alpha value is -2.39. The summed E-state index contributed by atoms with van der Waals surface area (Å²) in [6, 6.07) is 9.87. The van der Waals surface area contributed by atoms with Gasteiger partial charge in [0.25, 0.3) is 0 Å². The number of hydrogen-bond donors (Lipinski definition) is 0. The molecule has 1 fully saturated rings. The van der Waals surface area contributed by atoms with Gasteiger partial charge in [0, 0.05) is 12.6 Å². The fourth-order valence-electron chi connectivity index (χ4n) is 3.24. The van der Waals surface area contributed by atoms with E-state index in [4.69, 9.17) is 10.00 Å². The standard InChI is InChI=1S/C18H23N5O/c1-14-20-15(2)23(21-14)13-17-4-3-9-22(17)10-11-24-18-7-5-16(12-19)6-8-18/h5-8,17H,3-4,9-11,13H2,1-2H3/t17-/m1/s1. The minimum atomic E-state index is 0.495. The minimum absolute atomic E-state index is 0.495. The van der Waals surface area contributed by atoms with Crippen LogP contribution in [0.2, 0.25) is 0 Å². The summed E-state index contributed by atoms with van der Waals surface area (Å²) in [4.78, 5) is 6.85. The van der Waals surface area contributed by atoms with Gasteiger partial charge in [-0.25, -0.2) is 9.67 Å². The lowest BCUT2D eigenvalue weighted by Crippen LogP contribution is -2.36. The van der Waals surface area contributed by atoms with Crippen molar-refractivity contribution in [2.75, 3.05) is 19.7 Å². The van der Waals surface area contributed by atoms with E-state index in [1.165, 1.54) is 12.8 Å². The van der Waals surface area contributed by atoms with E-state index in [2.05, 4.69) is 21.1 Å². The number of rotatable bonds is 6. The quantitative estimate of drug-likeness (QED) is 0.815. The van der Waals surface area contributed by atoms with Crippen LogP contribution in [0.1, 0.15) is 30.1 Å². The molecule has 0 amide bonds. The molecule has 0 saturated carbocycles. The van der Waals surface area contributed by atoms with Gasteiger partial charge in [0.05, 0.1) is 18.2 Å². The minimum Gasteiger partial charge on any atom is -0.492 e. The van der Waals surface area contributed by atoms with Crippen LogP contribution in [0.25, 0.3) is 0 Å². The molecule has 126 valence electrons. The molecule has 1 saturated heterocycles. The highest BCUT2D eigenvalue weighted by molar-refractivity contribution is 5.34. The molecule has 0 spiro atoms. The number of aryl methyl sites for hydroxylation is 2. The van der Waals surface area contributed by atoms with Crippen LogP contribution in [0.3, 0.4) is 0 Å². The third kappa shape index (κ3) is 3.92. The summed E-state index contributed by atoms with van der Waals surface area (Å²) in [6.45, 7) is 7.49. The van der Waals surface area contributed by atoms with E-state index in [9.17, 15) is 0 Å². The average Bonchev–Trinajstić information content (AvgIpc) is 3.15. The monoisotopic (exact) mass is 325 g/mol. The molecule has 0 radical (unpaired) electrons. The number of benzene rings is 1. The number of aromatic nitrogens is 3. The van der Waals surface area contributed by atoms with Crippen LogP contribution in [0.15, 0.2) is 24.3 Å². The summed E-state index contributed by atoms with van der Waals surface area (Å²) in [5, 5.41) is 13.3. The van der Waals surface area contributed by atoms with E-state index >= 15 is 0 Å². The van der Waals surface area contributed by atoms with Crippen LogP contribution in [0, 0.1) is 25.2 Å². The predicted octanol–water partition coefficient (Wildman–Crippen LogP) is 2.31. The summed E-state index contributed by atoms with van der Waals surface area (Å²) in [5.41, 5.74) is 0.653. The second kappa shape index (κ2) is 7.45. The largest absolute Gasteiger partial charge is 0.492 e. The maximum atomic E-state index is 8.81. The first kappa shape index (κ1) is 16.5. The van der Waals surface area contributed by atoms with E-state index in [1.54, 1.807) is 12.1 Å². The van der Waals surface area contributed by atoms with Crippen LogP contribution in [-0.4, -0.2) is 45.4 Å². The maximum Gasteiger partial charge on any atom is 0.147 e. The summed E-state index contributed by atoms with van der Waals surface area (Å²) < 4.78 is 7.82. The smallest absolute Gasteiger partial charge is 0.147 e. The first-order chi connectivity index (χ1) is 11.7. The van der Waals surface area contributed by atoms with Gasteiger partial charge in [-0.15, -0.1) is 0 Å². The molecule has 6 nitrogen and oxygen atoms in total. The molecule has 1 atom stereocenters. The summed E-state index contributed by atoms with van der Waals surface area (Å²) in [6.07, 6.45) is 2.41. The van der Waals surface area contributed by atoms with Gasteiger partial charge in [-0.3, -0.25) is 4.90 Å². The van der Waals surface area contributed by atoms with E-state index in [1.807, 2.05) is 30.7 Å². The lowest BCUT2D eigenvalue weighted by atomic mass is 10.2. The summed E-state index contributed by atoms with van der Waals surface area (Å²) in [7, 11) is 0. The number of likely N-dealkylation sites (tertiary alicyclic amines) is 1. The van der Waals surface area contributed by atoms with Gasteiger partial charge in [0.2, 0.25) is 0 Å². The van der Waals surface area contributed by atoms with Gasteiger partial charge in [-0.2, -0.15) is 10.4 Å². The Bertz CT molecular complexity index is 716. The van der Waals surface area contributed by atoms with Crippen molar-refractivity contribution in [2.45, 2.75) is 39.3 Å². The Morgan fingerprint density at radius 3 is 2.75 bits per heavy atom. The van der Waals surface area contributed by atoms with Crippen LogP contribution >= 0.6 is 0 Å². The molecule has 1 aromatic heterocycles. The lowest BCUT2D eigenvalue weighted by molar-refractivity contribution is 0.181. The second-order valence-corrected chi connectivity index (χ2v) is 6.21. The summed E-state index contributed by atoms with van der Waals surface area (Å²) in [5.74, 6) is 2.63. The van der Waals surface area contributed by atoms with Gasteiger partial charge in [-0.1, -0.05) is 0 Å². The van der Waals surface area contributed by atoms with Crippen molar-refractivity contribution in [3.05, 3.63) is 41.5 Å². The predicted molar refractivity (Wildman–Crippen MR) is 90.7 cm³/mol. The lowest BCUT2D eigenvalue weighted by Gasteiger charge is -2.24. The average molecular weight is 325 g/mol. The van der Waals surface area contributed by atoms with Crippen molar-refractivity contribution in [1.82, 2.24) is 19.7 Å². The van der Waals surface area contributed by atoms with Crippen molar-refractivity contribution in [3.63, 3.8) is 0 Å². The Morgan fingerprint density at radius 2 is 2.08 bits per heavy atom. The molecule has 1 aliphatic heterocycles. The number of nitrogens with zero attached hydrogens (tertiary/aromatic N) is 5. The number of ether oxygens (including phenoxy) is 1. The number of nitriles is 1. The second-order valence-electron chi connectivity index (χ2n) is 6.21. The zero-order valence-corrected chi connectivity index (χ0v) is 14.3. The van der Waals surface area contributed by atoms with Crippen LogP contribution in [0.5, 0.6) is 5.75 Å². The highest BCUT2D eigenvalue weighted by atomic mass is 16.5. The van der Waals surface area contributed by atoms with Crippen molar-refractivity contribution < 1.29 is 4.74 Å². The fourth-order valence-corrected chi connectivity index (χ4v) is 3.24. The van der Waals surface area contributed by atoms with Gasteiger partial charge in [0.1, 0.15) is 24.0 Å². The Kier molecular flexibility index (Phi) is 5.11. The molecule has 0 bridgehead atoms. The highest BCUT2D eigenvalue weighted by Crippen LogP contribution is 2.19. The fraction of sp³-hybridized carbons (Fsp3) is 0.500. The molecule has 1 aliphatic rings. The third-order valence-corrected chi connectivity index (χ3v) is 4.48. The van der Waals surface area contributed by atoms with E-state index in [-0.39, 0.29) is 0 Å². The van der Waals surface area contributed by atoms with Crippen molar-refractivity contribution >= 4 is 0 Å². The third-order valence-electron chi connectivity index (χ3n) is 4.48. The van der Waals surface area contributed by atoms with E-state index in [0.717, 1.165) is 37.0 Å². The highest BCUT2D eigenvalue weighted by Gasteiger charge is 2.25. The maximum absolute atomic E-state index is 8.81. The molecule has 2 heterocycles. The molecular formula is C18H23N5O. The van der Waals surface area contributed by atoms with Crippen LogP contribution < -0.4 is 4.74 Å². The first-order valence-corrected chi connectivity index (χ1v) is 8.41. The molecule has 0 unspecified atom stereocenters. The van der Waals surface area contributed by atoms with Crippen molar-refractivity contribution in [2.24, 2.45) is 0 Å². The normalized spacial score (nSPS) is 17.8. The molecular weight excluding hydrogens is 302 g/mol. The Labute approximate surface area is 142 Å². The summed E-state index contributed by atoms with van der Waals surface area (Å²) >= 11 is 0. The SMILES string of the molecule is Cc1nc(C)n(C[C@H]2CCCN2CCOc2ccc(C#N)cc2)n1. The number of hydrogen-bond acceptors (Lipinski definition) is 5. The van der Waals surface area contributed by atoms with Gasteiger partial charge >= 0.3 is 0 Å². The van der Waals surface area contributed by atoms with Crippen molar-refractivity contribution in [3.8, 4) is 11.8 Å². The molecule has 2 aromatic rings. The van der Waals surface area contributed by atoms with Crippen molar-refractivity contribution in [1.29, 1.82) is 5.26 Å². The molecule has 24 heavy (non-hydrogen) atoms. The van der Waals surface area contributed by atoms with Gasteiger partial charge in [-0.05, 0) is 57.5 Å². The molecule has 6 heteroatoms. The molecule has 0 N–H and O–H groups in total. The zero-order valence-electron chi connectivity index (χ0n) is 14.3. The molecule has 1 aromatic carbocycles. The Morgan fingerprint density at radius 1 is 1.29 bits per heavy atom. The zero-order chi connectivity index (χ0) is 16.9. The Balaban J connectivity index is 1.50. The van der Waals surface area contributed by atoms with Gasteiger partial charge in [0.15, 0.2) is 0 Å². The van der Waals surface area contributed by atoms with E-state index < -0.39 is 0 Å². The molecule has 0 aliphatic carbocycles. The topological polar surface area (TPSA) is 67.0 Å². The molecule has 3 rings (SSSR count). The van der Waals surface area contributed by atoms with Crippen LogP contribution in [-0.2, 0) is 6.54 Å². The van der Waals surface area contributed by atoms with Crippen LogP contribution in [0.4, 0.5) is 0 Å².